The van der Waals surface area contributed by atoms with E-state index in [1.165, 1.54) is 0 Å². The van der Waals surface area contributed by atoms with Gasteiger partial charge in [-0.3, -0.25) is 4.79 Å². The molecule has 1 aliphatic heterocycles. The van der Waals surface area contributed by atoms with Gasteiger partial charge in [0.1, 0.15) is 12.4 Å². The summed E-state index contributed by atoms with van der Waals surface area (Å²) in [6.45, 7) is 8.67. The van der Waals surface area contributed by atoms with Gasteiger partial charge in [-0.25, -0.2) is 4.79 Å². The minimum Gasteiger partial charge on any atom is -0.494 e. The summed E-state index contributed by atoms with van der Waals surface area (Å²) >= 11 is 0. The summed E-state index contributed by atoms with van der Waals surface area (Å²) in [5, 5.41) is 3.38. The van der Waals surface area contributed by atoms with Gasteiger partial charge < -0.3 is 14.8 Å². The average Bonchev–Trinajstić information content (AvgIpc) is 2.77. The summed E-state index contributed by atoms with van der Waals surface area (Å²) in [5.74, 6) is -0.219. The zero-order valence-electron chi connectivity index (χ0n) is 19.7. The van der Waals surface area contributed by atoms with Crippen LogP contribution < -0.4 is 10.1 Å². The monoisotopic (exact) mass is 445 g/mol. The molecule has 2 aliphatic rings. The van der Waals surface area contributed by atoms with Crippen LogP contribution in [0.3, 0.4) is 0 Å². The molecule has 0 saturated carbocycles. The fourth-order valence-corrected chi connectivity index (χ4v) is 4.82. The van der Waals surface area contributed by atoms with Crippen molar-refractivity contribution in [3.05, 3.63) is 88.3 Å². The first kappa shape index (κ1) is 22.8. The molecule has 0 spiro atoms. The smallest absolute Gasteiger partial charge is 0.337 e. The summed E-state index contributed by atoms with van der Waals surface area (Å²) in [7, 11) is 0. The van der Waals surface area contributed by atoms with Crippen LogP contribution in [0.2, 0.25) is 0 Å². The maximum Gasteiger partial charge on any atom is 0.337 e. The molecule has 1 heterocycles. The Bertz CT molecular complexity index is 1130. The maximum absolute atomic E-state index is 13.4. The number of hydrogen-bond acceptors (Lipinski definition) is 5. The molecule has 1 aliphatic carbocycles. The zero-order chi connectivity index (χ0) is 23.6. The molecule has 2 aromatic carbocycles. The number of hydrogen-bond donors (Lipinski definition) is 1. The van der Waals surface area contributed by atoms with Gasteiger partial charge in [0, 0.05) is 29.0 Å². The van der Waals surface area contributed by atoms with Crippen molar-refractivity contribution in [1.82, 2.24) is 5.32 Å². The first-order valence-electron chi connectivity index (χ1n) is 11.5. The average molecular weight is 446 g/mol. The van der Waals surface area contributed by atoms with Gasteiger partial charge in [-0.15, -0.1) is 0 Å². The van der Waals surface area contributed by atoms with Crippen molar-refractivity contribution in [2.75, 3.05) is 6.61 Å². The van der Waals surface area contributed by atoms with E-state index in [-0.39, 0.29) is 17.8 Å². The zero-order valence-corrected chi connectivity index (χ0v) is 19.7. The third kappa shape index (κ3) is 4.72. The molecule has 1 N–H and O–H groups in total. The van der Waals surface area contributed by atoms with Gasteiger partial charge in [-0.2, -0.15) is 0 Å². The van der Waals surface area contributed by atoms with Gasteiger partial charge in [0.15, 0.2) is 5.78 Å². The van der Waals surface area contributed by atoms with Gasteiger partial charge in [0.05, 0.1) is 18.1 Å². The molecule has 5 heteroatoms. The Balaban J connectivity index is 1.78. The fourth-order valence-electron chi connectivity index (χ4n) is 4.82. The van der Waals surface area contributed by atoms with Crippen molar-refractivity contribution in [1.29, 1.82) is 0 Å². The van der Waals surface area contributed by atoms with E-state index in [1.54, 1.807) is 0 Å². The SMILES string of the molecule is CCOc1ccccc1[C@H]1C(C(=O)OCc2ccccc2)=C(C)NC2=C1C(=O)CC(C)(C)C2. The van der Waals surface area contributed by atoms with Gasteiger partial charge in [-0.05, 0) is 37.3 Å². The standard InChI is InChI=1S/C28H31NO4/c1-5-32-23-14-10-9-13-20(23)25-24(27(31)33-17-19-11-7-6-8-12-19)18(2)29-21-15-28(3,4)16-22(30)26(21)25/h6-14,25,29H,5,15-17H2,1-4H3/t25-/m0/s1. The molecule has 4 rings (SSSR count). The lowest BCUT2D eigenvalue weighted by Crippen LogP contribution is -2.38. The first-order chi connectivity index (χ1) is 15.8. The van der Waals surface area contributed by atoms with Crippen LogP contribution in [-0.2, 0) is 20.9 Å². The molecule has 0 bridgehead atoms. The number of carbonyl (C=O) groups is 2. The number of rotatable bonds is 6. The molecule has 33 heavy (non-hydrogen) atoms. The summed E-state index contributed by atoms with van der Waals surface area (Å²) in [4.78, 5) is 26.9. The van der Waals surface area contributed by atoms with Crippen molar-refractivity contribution < 1.29 is 19.1 Å². The number of benzene rings is 2. The van der Waals surface area contributed by atoms with Crippen molar-refractivity contribution >= 4 is 11.8 Å². The summed E-state index contributed by atoms with van der Waals surface area (Å²) < 4.78 is 11.6. The largest absolute Gasteiger partial charge is 0.494 e. The minimum atomic E-state index is -0.532. The predicted octanol–water partition coefficient (Wildman–Crippen LogP) is 5.43. The van der Waals surface area contributed by atoms with Crippen LogP contribution in [0.5, 0.6) is 5.75 Å². The molecule has 0 unspecified atom stereocenters. The lowest BCUT2D eigenvalue weighted by molar-refractivity contribution is -0.140. The Hall–Kier alpha value is -3.34. The number of para-hydroxylation sites is 1. The highest BCUT2D eigenvalue weighted by Crippen LogP contribution is 2.48. The van der Waals surface area contributed by atoms with Crippen LogP contribution in [0.25, 0.3) is 0 Å². The van der Waals surface area contributed by atoms with Crippen molar-refractivity contribution in [3.63, 3.8) is 0 Å². The maximum atomic E-state index is 13.4. The number of esters is 1. The van der Waals surface area contributed by atoms with Crippen LogP contribution in [0.15, 0.2) is 77.1 Å². The number of nitrogens with one attached hydrogen (secondary N) is 1. The lowest BCUT2D eigenvalue weighted by atomic mass is 9.68. The van der Waals surface area contributed by atoms with E-state index in [0.29, 0.717) is 35.6 Å². The van der Waals surface area contributed by atoms with Crippen LogP contribution in [0.1, 0.15) is 57.6 Å². The minimum absolute atomic E-state index is 0.0610. The molecular formula is C28H31NO4. The number of ether oxygens (including phenoxy) is 2. The first-order valence-corrected chi connectivity index (χ1v) is 11.5. The molecule has 5 nitrogen and oxygen atoms in total. The Labute approximate surface area is 195 Å². The Kier molecular flexibility index (Phi) is 6.41. The normalized spacial score (nSPS) is 19.6. The highest BCUT2D eigenvalue weighted by Gasteiger charge is 2.44. The summed E-state index contributed by atoms with van der Waals surface area (Å²) in [6.07, 6.45) is 1.18. The fraction of sp³-hybridized carbons (Fsp3) is 0.357. The highest BCUT2D eigenvalue weighted by molar-refractivity contribution is 6.04. The molecule has 2 aromatic rings. The molecule has 0 fully saturated rings. The number of Topliss-reactive ketones (excluding diaryl/α,β-unsaturated/α-hetero) is 1. The van der Waals surface area contributed by atoms with E-state index >= 15 is 0 Å². The second-order valence-corrected chi connectivity index (χ2v) is 9.46. The van der Waals surface area contributed by atoms with Gasteiger partial charge in [-0.1, -0.05) is 62.4 Å². The van der Waals surface area contributed by atoms with Crippen LogP contribution >= 0.6 is 0 Å². The number of ketones is 1. The van der Waals surface area contributed by atoms with E-state index in [4.69, 9.17) is 9.47 Å². The van der Waals surface area contributed by atoms with Crippen molar-refractivity contribution in [3.8, 4) is 5.75 Å². The third-order valence-corrected chi connectivity index (χ3v) is 6.20. The topological polar surface area (TPSA) is 64.6 Å². The van der Waals surface area contributed by atoms with Crippen LogP contribution in [0.4, 0.5) is 0 Å². The second kappa shape index (κ2) is 9.26. The summed E-state index contributed by atoms with van der Waals surface area (Å²) in [6, 6.07) is 17.2. The van der Waals surface area contributed by atoms with E-state index in [9.17, 15) is 9.59 Å². The Morgan fingerprint density at radius 2 is 1.76 bits per heavy atom. The van der Waals surface area contributed by atoms with Gasteiger partial charge in [0.25, 0.3) is 0 Å². The molecule has 0 aromatic heterocycles. The molecular weight excluding hydrogens is 414 g/mol. The number of allylic oxidation sites excluding steroid dienone is 3. The highest BCUT2D eigenvalue weighted by atomic mass is 16.5. The van der Waals surface area contributed by atoms with E-state index in [2.05, 4.69) is 19.2 Å². The van der Waals surface area contributed by atoms with Crippen molar-refractivity contribution in [2.24, 2.45) is 5.41 Å². The molecule has 172 valence electrons. The van der Waals surface area contributed by atoms with Gasteiger partial charge in [0.2, 0.25) is 0 Å². The van der Waals surface area contributed by atoms with Crippen LogP contribution in [-0.4, -0.2) is 18.4 Å². The Morgan fingerprint density at radius 3 is 2.48 bits per heavy atom. The van der Waals surface area contributed by atoms with E-state index in [0.717, 1.165) is 23.2 Å². The third-order valence-electron chi connectivity index (χ3n) is 6.20. The number of dihydropyridines is 1. The second-order valence-electron chi connectivity index (χ2n) is 9.46. The lowest BCUT2D eigenvalue weighted by Gasteiger charge is -2.39. The molecule has 1 atom stereocenters. The summed E-state index contributed by atoms with van der Waals surface area (Å²) in [5.41, 5.74) is 4.31. The predicted molar refractivity (Wildman–Crippen MR) is 127 cm³/mol. The van der Waals surface area contributed by atoms with E-state index in [1.807, 2.05) is 68.4 Å². The van der Waals surface area contributed by atoms with Crippen molar-refractivity contribution in [2.45, 2.75) is 53.1 Å². The van der Waals surface area contributed by atoms with Crippen LogP contribution in [0, 0.1) is 5.41 Å². The van der Waals surface area contributed by atoms with E-state index < -0.39 is 11.9 Å². The number of carbonyl (C=O) groups excluding carboxylic acids is 2. The van der Waals surface area contributed by atoms with Gasteiger partial charge >= 0.3 is 5.97 Å². The quantitative estimate of drug-likeness (QED) is 0.601. The molecule has 0 saturated heterocycles. The molecule has 0 amide bonds. The molecule has 0 radical (unpaired) electrons. The Morgan fingerprint density at radius 1 is 1.06 bits per heavy atom.